The zero-order valence-corrected chi connectivity index (χ0v) is 9.29. The van der Waals surface area contributed by atoms with Crippen LogP contribution in [0.5, 0.6) is 0 Å². The monoisotopic (exact) mass is 229 g/mol. The number of hydrogen-bond acceptors (Lipinski definition) is 2. The highest BCUT2D eigenvalue weighted by atomic mass is 19.1. The molecule has 2 unspecified atom stereocenters. The minimum Gasteiger partial charge on any atom is -0.396 e. The predicted molar refractivity (Wildman–Crippen MR) is 58.9 cm³/mol. The van der Waals surface area contributed by atoms with Crippen LogP contribution in [-0.2, 0) is 6.42 Å². The molecule has 0 amide bonds. The molecular formula is C12H17F2NO. The number of nitrogens with two attached hydrogens (primary N) is 1. The zero-order valence-electron chi connectivity index (χ0n) is 9.29. The maximum Gasteiger partial charge on any atom is 0.129 e. The summed E-state index contributed by atoms with van der Waals surface area (Å²) in [6.07, 6.45) is 0.251. The molecule has 0 heterocycles. The molecule has 0 aromatic heterocycles. The van der Waals surface area contributed by atoms with E-state index in [1.807, 2.05) is 6.92 Å². The van der Waals surface area contributed by atoms with Gasteiger partial charge in [0.15, 0.2) is 0 Å². The Kier molecular flexibility index (Phi) is 4.83. The summed E-state index contributed by atoms with van der Waals surface area (Å²) < 4.78 is 26.7. The van der Waals surface area contributed by atoms with E-state index in [0.29, 0.717) is 6.54 Å². The van der Waals surface area contributed by atoms with Crippen molar-refractivity contribution < 1.29 is 13.9 Å². The van der Waals surface area contributed by atoms with Gasteiger partial charge < -0.3 is 10.8 Å². The van der Waals surface area contributed by atoms with Crippen LogP contribution in [0.25, 0.3) is 0 Å². The van der Waals surface area contributed by atoms with E-state index in [9.17, 15) is 8.78 Å². The Morgan fingerprint density at radius 2 is 1.88 bits per heavy atom. The van der Waals surface area contributed by atoms with E-state index in [1.165, 1.54) is 18.2 Å². The molecule has 1 rings (SSSR count). The summed E-state index contributed by atoms with van der Waals surface area (Å²) in [5, 5.41) is 9.05. The molecule has 2 atom stereocenters. The van der Waals surface area contributed by atoms with E-state index in [0.717, 1.165) is 0 Å². The van der Waals surface area contributed by atoms with Crippen LogP contribution in [0.2, 0.25) is 0 Å². The van der Waals surface area contributed by atoms with Gasteiger partial charge in [0.2, 0.25) is 0 Å². The second kappa shape index (κ2) is 5.92. The van der Waals surface area contributed by atoms with Crippen molar-refractivity contribution in [3.63, 3.8) is 0 Å². The zero-order chi connectivity index (χ0) is 12.1. The lowest BCUT2D eigenvalue weighted by molar-refractivity contribution is 0.186. The molecule has 0 saturated carbocycles. The van der Waals surface area contributed by atoms with Crippen molar-refractivity contribution in [3.05, 3.63) is 35.4 Å². The summed E-state index contributed by atoms with van der Waals surface area (Å²) in [5.41, 5.74) is 5.54. The van der Waals surface area contributed by atoms with Crippen LogP contribution in [0.3, 0.4) is 0 Å². The van der Waals surface area contributed by atoms with Gasteiger partial charge in [0.25, 0.3) is 0 Å². The summed E-state index contributed by atoms with van der Waals surface area (Å²) >= 11 is 0. The number of benzene rings is 1. The van der Waals surface area contributed by atoms with Crippen LogP contribution in [0.1, 0.15) is 12.5 Å². The van der Waals surface area contributed by atoms with Crippen molar-refractivity contribution >= 4 is 0 Å². The van der Waals surface area contributed by atoms with Crippen molar-refractivity contribution in [2.45, 2.75) is 13.3 Å². The third kappa shape index (κ3) is 3.00. The summed E-state index contributed by atoms with van der Waals surface area (Å²) in [7, 11) is 0. The maximum atomic E-state index is 13.3. The highest BCUT2D eigenvalue weighted by Crippen LogP contribution is 2.20. The molecule has 0 aliphatic carbocycles. The number of aliphatic hydroxyl groups is 1. The van der Waals surface area contributed by atoms with Crippen molar-refractivity contribution in [3.8, 4) is 0 Å². The molecule has 2 nitrogen and oxygen atoms in total. The molecule has 90 valence electrons. The molecular weight excluding hydrogens is 212 g/mol. The van der Waals surface area contributed by atoms with Crippen LogP contribution in [0.15, 0.2) is 18.2 Å². The van der Waals surface area contributed by atoms with E-state index in [2.05, 4.69) is 0 Å². The first-order valence-electron chi connectivity index (χ1n) is 5.34. The lowest BCUT2D eigenvalue weighted by atomic mass is 9.88. The van der Waals surface area contributed by atoms with Gasteiger partial charge in [-0.3, -0.25) is 0 Å². The van der Waals surface area contributed by atoms with Crippen molar-refractivity contribution in [2.24, 2.45) is 17.6 Å². The largest absolute Gasteiger partial charge is 0.396 e. The second-order valence-corrected chi connectivity index (χ2v) is 4.06. The van der Waals surface area contributed by atoms with Gasteiger partial charge in [0.1, 0.15) is 11.6 Å². The van der Waals surface area contributed by atoms with Crippen molar-refractivity contribution in [1.82, 2.24) is 0 Å². The minimum atomic E-state index is -0.541. The molecule has 0 radical (unpaired) electrons. The minimum absolute atomic E-state index is 0.0543. The predicted octanol–water partition coefficient (Wildman–Crippen LogP) is 1.71. The SMILES string of the molecule is CC(Cc1c(F)cccc1F)C(CN)CO. The lowest BCUT2D eigenvalue weighted by Gasteiger charge is -2.20. The smallest absolute Gasteiger partial charge is 0.129 e. The van der Waals surface area contributed by atoms with Gasteiger partial charge >= 0.3 is 0 Å². The van der Waals surface area contributed by atoms with Gasteiger partial charge in [-0.15, -0.1) is 0 Å². The fraction of sp³-hybridized carbons (Fsp3) is 0.500. The molecule has 0 aliphatic heterocycles. The normalized spacial score (nSPS) is 14.8. The Labute approximate surface area is 94.1 Å². The molecule has 3 N–H and O–H groups in total. The van der Waals surface area contributed by atoms with Crippen molar-refractivity contribution in [2.75, 3.05) is 13.2 Å². The van der Waals surface area contributed by atoms with E-state index >= 15 is 0 Å². The average molecular weight is 229 g/mol. The van der Waals surface area contributed by atoms with Crippen LogP contribution < -0.4 is 5.73 Å². The van der Waals surface area contributed by atoms with Gasteiger partial charge in [-0.2, -0.15) is 0 Å². The van der Waals surface area contributed by atoms with Crippen LogP contribution in [0.4, 0.5) is 8.78 Å². The van der Waals surface area contributed by atoms with Crippen LogP contribution in [0, 0.1) is 23.5 Å². The molecule has 16 heavy (non-hydrogen) atoms. The van der Waals surface area contributed by atoms with E-state index in [1.54, 1.807) is 0 Å². The highest BCUT2D eigenvalue weighted by Gasteiger charge is 2.18. The van der Waals surface area contributed by atoms with E-state index < -0.39 is 11.6 Å². The van der Waals surface area contributed by atoms with Crippen LogP contribution in [-0.4, -0.2) is 18.3 Å². The fourth-order valence-electron chi connectivity index (χ4n) is 1.70. The van der Waals surface area contributed by atoms with Gasteiger partial charge in [-0.25, -0.2) is 8.78 Å². The number of halogens is 2. The molecule has 1 aromatic rings. The first kappa shape index (κ1) is 13.1. The quantitative estimate of drug-likeness (QED) is 0.807. The van der Waals surface area contributed by atoms with Gasteiger partial charge in [-0.05, 0) is 36.9 Å². The average Bonchev–Trinajstić information content (AvgIpc) is 2.25. The maximum absolute atomic E-state index is 13.3. The van der Waals surface area contributed by atoms with Crippen LogP contribution >= 0.6 is 0 Å². The standard InChI is InChI=1S/C12H17F2NO/c1-8(9(6-15)7-16)5-10-11(13)3-2-4-12(10)14/h2-4,8-9,16H,5-7,15H2,1H3. The second-order valence-electron chi connectivity index (χ2n) is 4.06. The Morgan fingerprint density at radius 3 is 2.31 bits per heavy atom. The number of aliphatic hydroxyl groups excluding tert-OH is 1. The lowest BCUT2D eigenvalue weighted by Crippen LogP contribution is -2.26. The van der Waals surface area contributed by atoms with Gasteiger partial charge in [-0.1, -0.05) is 13.0 Å². The third-order valence-electron chi connectivity index (χ3n) is 2.93. The Bertz CT molecular complexity index is 320. The van der Waals surface area contributed by atoms with Crippen molar-refractivity contribution in [1.29, 1.82) is 0 Å². The summed E-state index contributed by atoms with van der Waals surface area (Å²) in [5.74, 6) is -1.26. The Balaban J connectivity index is 2.80. The highest BCUT2D eigenvalue weighted by molar-refractivity contribution is 5.20. The molecule has 0 fully saturated rings. The van der Waals surface area contributed by atoms with E-state index in [4.69, 9.17) is 10.8 Å². The summed E-state index contributed by atoms with van der Waals surface area (Å²) in [6, 6.07) is 3.81. The molecule has 0 saturated heterocycles. The molecule has 0 bridgehead atoms. The number of rotatable bonds is 5. The first-order chi connectivity index (χ1) is 7.60. The first-order valence-corrected chi connectivity index (χ1v) is 5.34. The summed E-state index contributed by atoms with van der Waals surface area (Å²) in [4.78, 5) is 0. The van der Waals surface area contributed by atoms with Gasteiger partial charge in [0, 0.05) is 12.2 Å². The summed E-state index contributed by atoms with van der Waals surface area (Å²) in [6.45, 7) is 2.08. The third-order valence-corrected chi connectivity index (χ3v) is 2.93. The van der Waals surface area contributed by atoms with E-state index in [-0.39, 0.29) is 30.4 Å². The molecule has 0 aliphatic rings. The Morgan fingerprint density at radius 1 is 1.31 bits per heavy atom. The fourth-order valence-corrected chi connectivity index (χ4v) is 1.70. The molecule has 4 heteroatoms. The topological polar surface area (TPSA) is 46.2 Å². The molecule has 0 spiro atoms. The number of hydrogen-bond donors (Lipinski definition) is 2. The molecule has 1 aromatic carbocycles. The van der Waals surface area contributed by atoms with Gasteiger partial charge in [0.05, 0.1) is 0 Å². The Hall–Kier alpha value is -1.00.